The minimum atomic E-state index is -0.530. The maximum absolute atomic E-state index is 11.1. The van der Waals surface area contributed by atoms with E-state index in [4.69, 9.17) is 9.94 Å². The fourth-order valence-electron chi connectivity index (χ4n) is 5.19. The molecular weight excluding hydrogens is 450 g/mol. The second-order valence-electron chi connectivity index (χ2n) is 10.0. The number of hydroxylamine groups is 1. The molecule has 1 saturated heterocycles. The smallest absolute Gasteiger partial charge is 0.267 e. The van der Waals surface area contributed by atoms with Crippen molar-refractivity contribution in [3.05, 3.63) is 89.7 Å². The largest absolute Gasteiger partial charge is 0.493 e. The molecule has 2 aromatic rings. The normalized spacial score (nSPS) is 18.4. The first kappa shape index (κ1) is 26.1. The van der Waals surface area contributed by atoms with Gasteiger partial charge in [-0.1, -0.05) is 61.2 Å². The van der Waals surface area contributed by atoms with Crippen molar-refractivity contribution in [3.63, 3.8) is 0 Å². The van der Waals surface area contributed by atoms with Gasteiger partial charge in [-0.2, -0.15) is 0 Å². The predicted octanol–water partition coefficient (Wildman–Crippen LogP) is 5.22. The van der Waals surface area contributed by atoms with Crippen LogP contribution < -0.4 is 10.8 Å². The van der Waals surface area contributed by atoms with Crippen LogP contribution in [0.4, 0.5) is 0 Å². The van der Waals surface area contributed by atoms with Gasteiger partial charge in [-0.05, 0) is 86.8 Å². The first-order chi connectivity index (χ1) is 17.6. The Kier molecular flexibility index (Phi) is 9.73. The van der Waals surface area contributed by atoms with Crippen LogP contribution >= 0.6 is 0 Å². The van der Waals surface area contributed by atoms with E-state index < -0.39 is 5.91 Å². The summed E-state index contributed by atoms with van der Waals surface area (Å²) < 4.78 is 6.29. The molecule has 0 spiro atoms. The van der Waals surface area contributed by atoms with E-state index in [9.17, 15) is 4.79 Å². The minimum absolute atomic E-state index is 0.0286. The monoisotopic (exact) mass is 489 g/mol. The molecule has 2 aliphatic rings. The van der Waals surface area contributed by atoms with Crippen LogP contribution in [0.3, 0.4) is 0 Å². The number of likely N-dealkylation sites (tertiary alicyclic amines) is 1. The standard InChI is InChI=1S/C30H39N3O3/c1-23(36-28-9-5-6-10-28)30(27-7-3-2-4-8-27)31-21-25-17-19-33(20-18-25)22-26-13-11-24(12-14-26)15-16-29(34)32-35/h2-4,7-8,11-16,25,28,30-31,35H,1,5-6,9-10,17-22H2,(H,32,34)/b16-15+/t30-/m1/s1. The van der Waals surface area contributed by atoms with Gasteiger partial charge in [0, 0.05) is 12.6 Å². The van der Waals surface area contributed by atoms with Crippen molar-refractivity contribution in [1.29, 1.82) is 0 Å². The van der Waals surface area contributed by atoms with Gasteiger partial charge in [0.1, 0.15) is 5.76 Å². The lowest BCUT2D eigenvalue weighted by Gasteiger charge is -2.33. The zero-order valence-corrected chi connectivity index (χ0v) is 21.1. The molecule has 0 bridgehead atoms. The van der Waals surface area contributed by atoms with Crippen LogP contribution in [0.15, 0.2) is 73.0 Å². The lowest BCUT2D eigenvalue weighted by Crippen LogP contribution is -2.38. The fourth-order valence-corrected chi connectivity index (χ4v) is 5.19. The molecule has 192 valence electrons. The second-order valence-corrected chi connectivity index (χ2v) is 10.0. The topological polar surface area (TPSA) is 73.8 Å². The molecule has 1 saturated carbocycles. The summed E-state index contributed by atoms with van der Waals surface area (Å²) in [6, 6.07) is 18.8. The fraction of sp³-hybridized carbons (Fsp3) is 0.433. The summed E-state index contributed by atoms with van der Waals surface area (Å²) in [6.07, 6.45) is 10.4. The van der Waals surface area contributed by atoms with E-state index >= 15 is 0 Å². The molecule has 2 fully saturated rings. The van der Waals surface area contributed by atoms with Crippen molar-refractivity contribution in [2.75, 3.05) is 19.6 Å². The van der Waals surface area contributed by atoms with E-state index in [2.05, 4.69) is 59.3 Å². The number of hydrogen-bond acceptors (Lipinski definition) is 5. The van der Waals surface area contributed by atoms with Crippen LogP contribution in [0.5, 0.6) is 0 Å². The Bertz CT molecular complexity index is 992. The second kappa shape index (κ2) is 13.4. The van der Waals surface area contributed by atoms with E-state index in [1.54, 1.807) is 11.6 Å². The van der Waals surface area contributed by atoms with Crippen molar-refractivity contribution in [2.24, 2.45) is 5.92 Å². The van der Waals surface area contributed by atoms with Crippen molar-refractivity contribution in [2.45, 2.75) is 57.2 Å². The summed E-state index contributed by atoms with van der Waals surface area (Å²) in [5.74, 6) is 0.954. The van der Waals surface area contributed by atoms with Crippen molar-refractivity contribution < 1.29 is 14.7 Å². The summed E-state index contributed by atoms with van der Waals surface area (Å²) in [6.45, 7) is 8.38. The van der Waals surface area contributed by atoms with Crippen molar-refractivity contribution >= 4 is 12.0 Å². The highest BCUT2D eigenvalue weighted by Gasteiger charge is 2.25. The van der Waals surface area contributed by atoms with Gasteiger partial charge in [0.05, 0.1) is 12.1 Å². The minimum Gasteiger partial charge on any atom is -0.493 e. The van der Waals surface area contributed by atoms with Crippen LogP contribution in [0, 0.1) is 5.92 Å². The lowest BCUT2D eigenvalue weighted by atomic mass is 9.95. The zero-order chi connectivity index (χ0) is 25.2. The number of benzene rings is 2. The Morgan fingerprint density at radius 3 is 2.42 bits per heavy atom. The van der Waals surface area contributed by atoms with Crippen LogP contribution in [0.1, 0.15) is 61.3 Å². The Labute approximate surface area is 215 Å². The van der Waals surface area contributed by atoms with E-state index in [1.807, 2.05) is 12.1 Å². The molecule has 6 nitrogen and oxygen atoms in total. The molecule has 1 aliphatic heterocycles. The first-order valence-corrected chi connectivity index (χ1v) is 13.2. The maximum atomic E-state index is 11.1. The molecule has 0 radical (unpaired) electrons. The van der Waals surface area contributed by atoms with E-state index in [0.717, 1.165) is 50.3 Å². The number of hydrogen-bond donors (Lipinski definition) is 3. The molecular formula is C30H39N3O3. The summed E-state index contributed by atoms with van der Waals surface area (Å²) >= 11 is 0. The third-order valence-electron chi connectivity index (χ3n) is 7.32. The summed E-state index contributed by atoms with van der Waals surface area (Å²) in [5.41, 5.74) is 5.01. The van der Waals surface area contributed by atoms with E-state index in [-0.39, 0.29) is 6.04 Å². The summed E-state index contributed by atoms with van der Waals surface area (Å²) in [5, 5.41) is 12.4. The molecule has 36 heavy (non-hydrogen) atoms. The highest BCUT2D eigenvalue weighted by molar-refractivity contribution is 5.90. The molecule has 3 N–H and O–H groups in total. The highest BCUT2D eigenvalue weighted by atomic mass is 16.5. The molecule has 0 unspecified atom stereocenters. The Morgan fingerprint density at radius 2 is 1.75 bits per heavy atom. The van der Waals surface area contributed by atoms with Gasteiger partial charge < -0.3 is 10.1 Å². The number of rotatable bonds is 11. The van der Waals surface area contributed by atoms with Gasteiger partial charge in [-0.25, -0.2) is 5.48 Å². The SMILES string of the molecule is C=C(OC1CCCC1)[C@@H](NCC1CCN(Cc2ccc(/C=C/C(=O)NO)cc2)CC1)c1ccccc1. The maximum Gasteiger partial charge on any atom is 0.267 e. The molecule has 2 aromatic carbocycles. The first-order valence-electron chi connectivity index (χ1n) is 13.2. The van der Waals surface area contributed by atoms with Crippen LogP contribution in [-0.2, 0) is 16.1 Å². The molecule has 6 heteroatoms. The predicted molar refractivity (Wildman–Crippen MR) is 143 cm³/mol. The van der Waals surface area contributed by atoms with Gasteiger partial charge in [0.15, 0.2) is 0 Å². The zero-order valence-electron chi connectivity index (χ0n) is 21.1. The Morgan fingerprint density at radius 1 is 1.06 bits per heavy atom. The highest BCUT2D eigenvalue weighted by Crippen LogP contribution is 2.29. The molecule has 4 rings (SSSR count). The molecule has 1 heterocycles. The molecule has 1 aliphatic carbocycles. The number of piperidine rings is 1. The number of carbonyl (C=O) groups is 1. The third kappa shape index (κ3) is 7.79. The van der Waals surface area contributed by atoms with E-state index in [0.29, 0.717) is 12.0 Å². The van der Waals surface area contributed by atoms with Gasteiger partial charge in [0.2, 0.25) is 0 Å². The Balaban J connectivity index is 1.24. The van der Waals surface area contributed by atoms with Gasteiger partial charge in [0.25, 0.3) is 5.91 Å². The molecule has 1 amide bonds. The number of amides is 1. The quantitative estimate of drug-likeness (QED) is 0.175. The van der Waals surface area contributed by atoms with Crippen LogP contribution in [0.2, 0.25) is 0 Å². The number of carbonyl (C=O) groups excluding carboxylic acids is 1. The van der Waals surface area contributed by atoms with Crippen LogP contribution in [-0.4, -0.2) is 41.8 Å². The average molecular weight is 490 g/mol. The lowest BCUT2D eigenvalue weighted by molar-refractivity contribution is -0.124. The summed E-state index contributed by atoms with van der Waals surface area (Å²) in [4.78, 5) is 13.6. The van der Waals surface area contributed by atoms with Gasteiger partial charge in [-0.3, -0.25) is 14.9 Å². The number of ether oxygens (including phenoxy) is 1. The number of nitrogens with zero attached hydrogens (tertiary/aromatic N) is 1. The molecule has 0 aromatic heterocycles. The molecule has 1 atom stereocenters. The van der Waals surface area contributed by atoms with Crippen molar-refractivity contribution in [1.82, 2.24) is 15.7 Å². The number of nitrogens with one attached hydrogen (secondary N) is 2. The van der Waals surface area contributed by atoms with Crippen molar-refractivity contribution in [3.8, 4) is 0 Å². The van der Waals surface area contributed by atoms with Gasteiger partial charge >= 0.3 is 0 Å². The van der Waals surface area contributed by atoms with Crippen LogP contribution in [0.25, 0.3) is 6.08 Å². The Hall–Kier alpha value is -2.93. The summed E-state index contributed by atoms with van der Waals surface area (Å²) in [7, 11) is 0. The van der Waals surface area contributed by atoms with E-state index in [1.165, 1.54) is 42.9 Å². The third-order valence-corrected chi connectivity index (χ3v) is 7.32. The van der Waals surface area contributed by atoms with Gasteiger partial charge in [-0.15, -0.1) is 0 Å². The average Bonchev–Trinajstić information content (AvgIpc) is 3.43.